The van der Waals surface area contributed by atoms with Gasteiger partial charge in [0.2, 0.25) is 0 Å². The number of nitrogens with one attached hydrogen (secondary N) is 1. The molecular formula is C23H22F3NO2. The molecule has 0 saturated heterocycles. The molecule has 1 amide bonds. The van der Waals surface area contributed by atoms with Gasteiger partial charge in [0.05, 0.1) is 5.56 Å². The molecule has 0 radical (unpaired) electrons. The maximum Gasteiger partial charge on any atom is 0.416 e. The maximum absolute atomic E-state index is 12.8. The van der Waals surface area contributed by atoms with Crippen molar-refractivity contribution in [2.45, 2.75) is 25.4 Å². The third-order valence-corrected chi connectivity index (χ3v) is 4.79. The van der Waals surface area contributed by atoms with Crippen molar-refractivity contribution in [3.8, 4) is 11.1 Å². The minimum Gasteiger partial charge on any atom is -0.396 e. The smallest absolute Gasteiger partial charge is 0.396 e. The molecule has 3 nitrogen and oxygen atoms in total. The van der Waals surface area contributed by atoms with Crippen LogP contribution in [-0.4, -0.2) is 24.2 Å². The van der Waals surface area contributed by atoms with Crippen LogP contribution in [0, 0.1) is 0 Å². The fourth-order valence-electron chi connectivity index (χ4n) is 3.23. The van der Waals surface area contributed by atoms with Crippen LogP contribution in [0.1, 0.15) is 35.2 Å². The van der Waals surface area contributed by atoms with Gasteiger partial charge in [-0.1, -0.05) is 36.4 Å². The molecule has 0 aliphatic rings. The van der Waals surface area contributed by atoms with Gasteiger partial charge in [-0.15, -0.1) is 0 Å². The fourth-order valence-corrected chi connectivity index (χ4v) is 3.23. The Bertz CT molecular complexity index is 982. The molecule has 0 atom stereocenters. The molecular weight excluding hydrogens is 379 g/mol. The highest BCUT2D eigenvalue weighted by atomic mass is 19.4. The van der Waals surface area contributed by atoms with Crippen LogP contribution >= 0.6 is 0 Å². The standard InChI is InChI=1S/C23H22F3NO2/c24-23(25,26)19-10-7-16(8-11-19)20-6-4-5-17-15-18(9-12-21(17)20)22(29)27-13-2-1-3-14-28/h4-12,15,28H,1-3,13-14H2,(H,27,29). The number of hydrogen-bond acceptors (Lipinski definition) is 2. The van der Waals surface area contributed by atoms with E-state index < -0.39 is 11.7 Å². The van der Waals surface area contributed by atoms with Crippen LogP contribution in [0.25, 0.3) is 21.9 Å². The number of unbranched alkanes of at least 4 members (excludes halogenated alkanes) is 2. The molecule has 3 aromatic carbocycles. The monoisotopic (exact) mass is 401 g/mol. The Morgan fingerprint density at radius 1 is 0.931 bits per heavy atom. The molecule has 3 aromatic rings. The predicted octanol–water partition coefficient (Wildman–Crippen LogP) is 5.42. The number of aliphatic hydroxyl groups is 1. The molecule has 29 heavy (non-hydrogen) atoms. The minimum atomic E-state index is -4.36. The Morgan fingerprint density at radius 3 is 2.38 bits per heavy atom. The van der Waals surface area contributed by atoms with Gasteiger partial charge in [-0.25, -0.2) is 0 Å². The third-order valence-electron chi connectivity index (χ3n) is 4.79. The first kappa shape index (κ1) is 20.9. The first-order valence-electron chi connectivity index (χ1n) is 9.49. The summed E-state index contributed by atoms with van der Waals surface area (Å²) < 4.78 is 38.4. The second-order valence-electron chi connectivity index (χ2n) is 6.86. The third kappa shape index (κ3) is 5.15. The molecule has 152 valence electrons. The molecule has 0 spiro atoms. The topological polar surface area (TPSA) is 49.3 Å². The molecule has 3 rings (SSSR count). The van der Waals surface area contributed by atoms with Gasteiger partial charge in [0, 0.05) is 18.7 Å². The van der Waals surface area contributed by atoms with Crippen molar-refractivity contribution >= 4 is 16.7 Å². The number of carbonyl (C=O) groups is 1. The Balaban J connectivity index is 1.80. The molecule has 0 unspecified atom stereocenters. The number of carbonyl (C=O) groups excluding carboxylic acids is 1. The van der Waals surface area contributed by atoms with E-state index in [1.165, 1.54) is 12.1 Å². The van der Waals surface area contributed by atoms with E-state index >= 15 is 0 Å². The van der Waals surface area contributed by atoms with Crippen molar-refractivity contribution in [3.63, 3.8) is 0 Å². The number of halogens is 3. The van der Waals surface area contributed by atoms with E-state index in [0.29, 0.717) is 17.7 Å². The number of rotatable bonds is 7. The number of benzene rings is 3. The molecule has 6 heteroatoms. The number of hydrogen-bond donors (Lipinski definition) is 2. The summed E-state index contributed by atoms with van der Waals surface area (Å²) in [6.07, 6.45) is -1.99. The summed E-state index contributed by atoms with van der Waals surface area (Å²) in [5, 5.41) is 13.3. The van der Waals surface area contributed by atoms with Crippen LogP contribution in [0.4, 0.5) is 13.2 Å². The second-order valence-corrected chi connectivity index (χ2v) is 6.86. The molecule has 0 aliphatic carbocycles. The molecule has 2 N–H and O–H groups in total. The van der Waals surface area contributed by atoms with Crippen LogP contribution in [-0.2, 0) is 6.18 Å². The number of aliphatic hydroxyl groups excluding tert-OH is 1. The van der Waals surface area contributed by atoms with E-state index in [4.69, 9.17) is 5.11 Å². The maximum atomic E-state index is 12.8. The molecule has 0 heterocycles. The lowest BCUT2D eigenvalue weighted by atomic mass is 9.96. The zero-order valence-electron chi connectivity index (χ0n) is 15.8. The zero-order valence-corrected chi connectivity index (χ0v) is 15.8. The normalized spacial score (nSPS) is 11.6. The highest BCUT2D eigenvalue weighted by molar-refractivity contribution is 6.02. The number of alkyl halides is 3. The largest absolute Gasteiger partial charge is 0.416 e. The van der Waals surface area contributed by atoms with Crippen LogP contribution in [0.15, 0.2) is 60.7 Å². The summed E-state index contributed by atoms with van der Waals surface area (Å²) >= 11 is 0. The summed E-state index contributed by atoms with van der Waals surface area (Å²) in [6, 6.07) is 16.0. The van der Waals surface area contributed by atoms with Gasteiger partial charge < -0.3 is 10.4 Å². The first-order chi connectivity index (χ1) is 13.9. The lowest BCUT2D eigenvalue weighted by Crippen LogP contribution is -2.24. The van der Waals surface area contributed by atoms with Crippen molar-refractivity contribution in [2.24, 2.45) is 0 Å². The van der Waals surface area contributed by atoms with E-state index in [1.807, 2.05) is 24.3 Å². The van der Waals surface area contributed by atoms with E-state index in [2.05, 4.69) is 5.32 Å². The van der Waals surface area contributed by atoms with Crippen LogP contribution in [0.3, 0.4) is 0 Å². The molecule has 0 aliphatic heterocycles. The highest BCUT2D eigenvalue weighted by Gasteiger charge is 2.30. The Morgan fingerprint density at radius 2 is 1.69 bits per heavy atom. The molecule has 0 fully saturated rings. The average molecular weight is 401 g/mol. The lowest BCUT2D eigenvalue weighted by Gasteiger charge is -2.11. The Kier molecular flexibility index (Phi) is 6.54. The predicted molar refractivity (Wildman–Crippen MR) is 108 cm³/mol. The van der Waals surface area contributed by atoms with E-state index in [-0.39, 0.29) is 12.5 Å². The first-order valence-corrected chi connectivity index (χ1v) is 9.49. The molecule has 0 bridgehead atoms. The van der Waals surface area contributed by atoms with Crippen LogP contribution in [0.2, 0.25) is 0 Å². The van der Waals surface area contributed by atoms with Gasteiger partial charge >= 0.3 is 6.18 Å². The van der Waals surface area contributed by atoms with Crippen LogP contribution in [0.5, 0.6) is 0 Å². The van der Waals surface area contributed by atoms with E-state index in [9.17, 15) is 18.0 Å². The quantitative estimate of drug-likeness (QED) is 0.520. The van der Waals surface area contributed by atoms with Gasteiger partial charge in [-0.05, 0) is 65.4 Å². The Labute approximate surface area is 167 Å². The van der Waals surface area contributed by atoms with Crippen molar-refractivity contribution in [1.82, 2.24) is 5.32 Å². The average Bonchev–Trinajstić information content (AvgIpc) is 2.72. The van der Waals surface area contributed by atoms with Crippen molar-refractivity contribution < 1.29 is 23.1 Å². The minimum absolute atomic E-state index is 0.153. The van der Waals surface area contributed by atoms with Crippen molar-refractivity contribution in [3.05, 3.63) is 71.8 Å². The zero-order chi connectivity index (χ0) is 20.9. The number of amides is 1. The summed E-state index contributed by atoms with van der Waals surface area (Å²) in [6.45, 7) is 0.697. The van der Waals surface area contributed by atoms with Gasteiger partial charge in [0.25, 0.3) is 5.91 Å². The van der Waals surface area contributed by atoms with Gasteiger partial charge in [0.1, 0.15) is 0 Å². The van der Waals surface area contributed by atoms with Gasteiger partial charge in [-0.3, -0.25) is 4.79 Å². The van der Waals surface area contributed by atoms with Gasteiger partial charge in [-0.2, -0.15) is 13.2 Å². The highest BCUT2D eigenvalue weighted by Crippen LogP contribution is 2.33. The molecule has 0 saturated carbocycles. The van der Waals surface area contributed by atoms with Crippen molar-refractivity contribution in [2.75, 3.05) is 13.2 Å². The summed E-state index contributed by atoms with van der Waals surface area (Å²) in [5.74, 6) is -0.171. The molecule has 0 aromatic heterocycles. The summed E-state index contributed by atoms with van der Waals surface area (Å²) in [4.78, 5) is 12.3. The van der Waals surface area contributed by atoms with Crippen LogP contribution < -0.4 is 5.32 Å². The van der Waals surface area contributed by atoms with E-state index in [1.54, 1.807) is 12.1 Å². The lowest BCUT2D eigenvalue weighted by molar-refractivity contribution is -0.137. The SMILES string of the molecule is O=C(NCCCCCO)c1ccc2c(-c3ccc(C(F)(F)F)cc3)cccc2c1. The van der Waals surface area contributed by atoms with Crippen molar-refractivity contribution in [1.29, 1.82) is 0 Å². The summed E-state index contributed by atoms with van der Waals surface area (Å²) in [5.41, 5.74) is 1.35. The second kappa shape index (κ2) is 9.09. The number of fused-ring (bicyclic) bond motifs is 1. The fraction of sp³-hybridized carbons (Fsp3) is 0.261. The Hall–Kier alpha value is -2.86. The van der Waals surface area contributed by atoms with Gasteiger partial charge in [0.15, 0.2) is 0 Å². The van der Waals surface area contributed by atoms with E-state index in [0.717, 1.165) is 47.7 Å². The summed E-state index contributed by atoms with van der Waals surface area (Å²) in [7, 11) is 0.